The predicted octanol–water partition coefficient (Wildman–Crippen LogP) is 2.66. The van der Waals surface area contributed by atoms with E-state index in [1.807, 2.05) is 6.07 Å². The van der Waals surface area contributed by atoms with Crippen LogP contribution in [0.15, 0.2) is 18.2 Å². The summed E-state index contributed by atoms with van der Waals surface area (Å²) >= 11 is 7.17. The van der Waals surface area contributed by atoms with Gasteiger partial charge in [0.2, 0.25) is 0 Å². The third-order valence-electron chi connectivity index (χ3n) is 3.43. The van der Waals surface area contributed by atoms with E-state index in [0.29, 0.717) is 15.5 Å². The number of rotatable bonds is 4. The van der Waals surface area contributed by atoms with Crippen molar-refractivity contribution in [1.82, 2.24) is 4.90 Å². The van der Waals surface area contributed by atoms with E-state index in [9.17, 15) is 0 Å². The van der Waals surface area contributed by atoms with Crippen molar-refractivity contribution in [3.05, 3.63) is 29.3 Å². The standard InChI is InChI=1S/C15H22N2OS2/c1-10-7-17(8-11(2)20-10)9-12-4-5-14(18-3)13(6-12)15(16)19/h4-6,10-11H,7-9H2,1-3H3,(H2,16,19). The highest BCUT2D eigenvalue weighted by Crippen LogP contribution is 2.27. The fraction of sp³-hybridized carbons (Fsp3) is 0.533. The summed E-state index contributed by atoms with van der Waals surface area (Å²) < 4.78 is 5.30. The van der Waals surface area contributed by atoms with Gasteiger partial charge in [0, 0.05) is 30.1 Å². The molecule has 20 heavy (non-hydrogen) atoms. The van der Waals surface area contributed by atoms with Crippen molar-refractivity contribution in [2.24, 2.45) is 5.73 Å². The van der Waals surface area contributed by atoms with Crippen LogP contribution in [-0.4, -0.2) is 40.6 Å². The molecule has 3 nitrogen and oxygen atoms in total. The average molecular weight is 310 g/mol. The fourth-order valence-electron chi connectivity index (χ4n) is 2.72. The van der Waals surface area contributed by atoms with Crippen LogP contribution in [0.5, 0.6) is 5.75 Å². The number of nitrogens with two attached hydrogens (primary N) is 1. The first-order valence-electron chi connectivity index (χ1n) is 6.84. The van der Waals surface area contributed by atoms with Gasteiger partial charge < -0.3 is 10.5 Å². The molecule has 0 spiro atoms. The molecule has 2 unspecified atom stereocenters. The van der Waals surface area contributed by atoms with Crippen molar-refractivity contribution in [3.8, 4) is 5.75 Å². The lowest BCUT2D eigenvalue weighted by Gasteiger charge is -2.34. The molecule has 1 fully saturated rings. The molecule has 0 amide bonds. The molecule has 1 aromatic rings. The first kappa shape index (κ1) is 15.6. The van der Waals surface area contributed by atoms with Gasteiger partial charge in [-0.3, -0.25) is 4.90 Å². The van der Waals surface area contributed by atoms with Crippen LogP contribution in [0.25, 0.3) is 0 Å². The smallest absolute Gasteiger partial charge is 0.129 e. The molecule has 0 bridgehead atoms. The highest BCUT2D eigenvalue weighted by atomic mass is 32.2. The molecule has 1 saturated heterocycles. The lowest BCUT2D eigenvalue weighted by molar-refractivity contribution is 0.263. The number of ether oxygens (including phenoxy) is 1. The summed E-state index contributed by atoms with van der Waals surface area (Å²) in [5, 5.41) is 1.37. The first-order chi connectivity index (χ1) is 9.49. The van der Waals surface area contributed by atoms with E-state index < -0.39 is 0 Å². The van der Waals surface area contributed by atoms with Gasteiger partial charge in [-0.05, 0) is 17.7 Å². The molecule has 2 N–H and O–H groups in total. The normalized spacial score (nSPS) is 23.6. The largest absolute Gasteiger partial charge is 0.496 e. The average Bonchev–Trinajstić information content (AvgIpc) is 2.37. The number of methoxy groups -OCH3 is 1. The van der Waals surface area contributed by atoms with Crippen LogP contribution in [0.4, 0.5) is 0 Å². The van der Waals surface area contributed by atoms with E-state index >= 15 is 0 Å². The first-order valence-corrected chi connectivity index (χ1v) is 8.19. The summed E-state index contributed by atoms with van der Waals surface area (Å²) in [6.45, 7) is 7.78. The van der Waals surface area contributed by atoms with Crippen LogP contribution in [0.3, 0.4) is 0 Å². The molecule has 110 valence electrons. The summed E-state index contributed by atoms with van der Waals surface area (Å²) in [6.07, 6.45) is 0. The quantitative estimate of drug-likeness (QED) is 0.866. The summed E-state index contributed by atoms with van der Waals surface area (Å²) in [5.74, 6) is 0.747. The van der Waals surface area contributed by atoms with Crippen LogP contribution in [0.2, 0.25) is 0 Å². The van der Waals surface area contributed by atoms with Crippen molar-refractivity contribution >= 4 is 29.0 Å². The molecule has 0 saturated carbocycles. The fourth-order valence-corrected chi connectivity index (χ4v) is 4.26. The Labute approximate surface area is 130 Å². The van der Waals surface area contributed by atoms with Crippen molar-refractivity contribution < 1.29 is 4.74 Å². The van der Waals surface area contributed by atoms with Gasteiger partial charge in [-0.1, -0.05) is 32.1 Å². The Morgan fingerprint density at radius 1 is 1.40 bits per heavy atom. The highest BCUT2D eigenvalue weighted by molar-refractivity contribution is 8.00. The Morgan fingerprint density at radius 3 is 2.60 bits per heavy atom. The van der Waals surface area contributed by atoms with E-state index in [1.54, 1.807) is 7.11 Å². The maximum Gasteiger partial charge on any atom is 0.129 e. The van der Waals surface area contributed by atoms with Gasteiger partial charge in [-0.15, -0.1) is 0 Å². The Morgan fingerprint density at radius 2 is 2.05 bits per heavy atom. The van der Waals surface area contributed by atoms with E-state index in [1.165, 1.54) is 5.56 Å². The molecule has 5 heteroatoms. The van der Waals surface area contributed by atoms with Crippen molar-refractivity contribution in [3.63, 3.8) is 0 Å². The van der Waals surface area contributed by atoms with E-state index in [0.717, 1.165) is 30.9 Å². The van der Waals surface area contributed by atoms with E-state index in [2.05, 4.69) is 42.6 Å². The molecular weight excluding hydrogens is 288 g/mol. The minimum absolute atomic E-state index is 0.389. The number of thioether (sulfide) groups is 1. The third-order valence-corrected chi connectivity index (χ3v) is 4.88. The number of nitrogens with zero attached hydrogens (tertiary/aromatic N) is 1. The predicted molar refractivity (Wildman–Crippen MR) is 90.7 cm³/mol. The van der Waals surface area contributed by atoms with Gasteiger partial charge >= 0.3 is 0 Å². The lowest BCUT2D eigenvalue weighted by Crippen LogP contribution is -2.39. The number of hydrogen-bond acceptors (Lipinski definition) is 4. The molecule has 1 aliphatic rings. The summed E-state index contributed by atoms with van der Waals surface area (Å²) in [5.41, 5.74) is 7.83. The van der Waals surface area contributed by atoms with Crippen molar-refractivity contribution in [2.75, 3.05) is 20.2 Å². The molecule has 1 heterocycles. The van der Waals surface area contributed by atoms with E-state index in [4.69, 9.17) is 22.7 Å². The molecule has 1 aliphatic heterocycles. The van der Waals surface area contributed by atoms with Gasteiger partial charge in [-0.25, -0.2) is 0 Å². The third kappa shape index (κ3) is 3.87. The zero-order valence-corrected chi connectivity index (χ0v) is 13.9. The van der Waals surface area contributed by atoms with Crippen LogP contribution < -0.4 is 10.5 Å². The number of hydrogen-bond donors (Lipinski definition) is 1. The maximum atomic E-state index is 5.77. The molecule has 2 rings (SSSR count). The van der Waals surface area contributed by atoms with Gasteiger partial charge in [0.15, 0.2) is 0 Å². The number of thiocarbonyl (C=S) groups is 1. The zero-order valence-electron chi connectivity index (χ0n) is 12.3. The van der Waals surface area contributed by atoms with Gasteiger partial charge in [-0.2, -0.15) is 11.8 Å². The number of benzene rings is 1. The summed E-state index contributed by atoms with van der Waals surface area (Å²) in [7, 11) is 1.64. The lowest BCUT2D eigenvalue weighted by atomic mass is 10.1. The molecule has 0 radical (unpaired) electrons. The molecule has 0 aliphatic carbocycles. The van der Waals surface area contributed by atoms with Crippen LogP contribution >= 0.6 is 24.0 Å². The van der Waals surface area contributed by atoms with Crippen LogP contribution in [0.1, 0.15) is 25.0 Å². The summed E-state index contributed by atoms with van der Waals surface area (Å²) in [4.78, 5) is 2.89. The molecular formula is C15H22N2OS2. The topological polar surface area (TPSA) is 38.5 Å². The monoisotopic (exact) mass is 310 g/mol. The molecule has 0 aromatic heterocycles. The van der Waals surface area contributed by atoms with Gasteiger partial charge in [0.1, 0.15) is 10.7 Å². The molecule has 2 atom stereocenters. The Kier molecular flexibility index (Phi) is 5.29. The second-order valence-corrected chi connectivity index (χ2v) is 7.67. The van der Waals surface area contributed by atoms with Crippen molar-refractivity contribution in [1.29, 1.82) is 0 Å². The Bertz CT molecular complexity index is 483. The maximum absolute atomic E-state index is 5.77. The SMILES string of the molecule is COc1ccc(CN2CC(C)SC(C)C2)cc1C(N)=S. The van der Waals surface area contributed by atoms with Gasteiger partial charge in [0.25, 0.3) is 0 Å². The van der Waals surface area contributed by atoms with Crippen LogP contribution in [-0.2, 0) is 6.54 Å². The second-order valence-electron chi connectivity index (χ2n) is 5.35. The minimum atomic E-state index is 0.389. The molecule has 1 aromatic carbocycles. The van der Waals surface area contributed by atoms with Crippen LogP contribution in [0, 0.1) is 0 Å². The Hall–Kier alpha value is -0.780. The second kappa shape index (κ2) is 6.78. The highest BCUT2D eigenvalue weighted by Gasteiger charge is 2.22. The van der Waals surface area contributed by atoms with Crippen molar-refractivity contribution in [2.45, 2.75) is 30.9 Å². The minimum Gasteiger partial charge on any atom is -0.496 e. The Balaban J connectivity index is 2.13. The van der Waals surface area contributed by atoms with E-state index in [-0.39, 0.29) is 0 Å². The van der Waals surface area contributed by atoms with Gasteiger partial charge in [0.05, 0.1) is 12.7 Å². The summed E-state index contributed by atoms with van der Waals surface area (Å²) in [6, 6.07) is 6.10. The zero-order chi connectivity index (χ0) is 14.7.